The van der Waals surface area contributed by atoms with E-state index in [1.807, 2.05) is 60.7 Å². The van der Waals surface area contributed by atoms with Crippen molar-refractivity contribution in [2.75, 3.05) is 6.61 Å². The fourth-order valence-corrected chi connectivity index (χ4v) is 4.50. The van der Waals surface area contributed by atoms with Gasteiger partial charge in [-0.05, 0) is 23.1 Å². The molecule has 0 bridgehead atoms. The summed E-state index contributed by atoms with van der Waals surface area (Å²) >= 11 is 0. The van der Waals surface area contributed by atoms with Crippen LogP contribution in [0.25, 0.3) is 5.57 Å². The number of fused-ring (bicyclic) bond motifs is 1. The molecule has 2 aliphatic rings. The molecule has 1 saturated heterocycles. The van der Waals surface area contributed by atoms with Gasteiger partial charge in [0.05, 0.1) is 11.8 Å². The molecule has 1 fully saturated rings. The van der Waals surface area contributed by atoms with Gasteiger partial charge in [-0.15, -0.1) is 0 Å². The Morgan fingerprint density at radius 2 is 1.69 bits per heavy atom. The smallest absolute Gasteiger partial charge is 0.259 e. The first-order valence-electron chi connectivity index (χ1n) is 8.87. The molecule has 2 aromatic rings. The summed E-state index contributed by atoms with van der Waals surface area (Å²) in [4.78, 5) is 12.2. The predicted octanol–water partition coefficient (Wildman–Crippen LogP) is 3.63. The maximum Gasteiger partial charge on any atom is 0.259 e. The molecule has 0 radical (unpaired) electrons. The molecule has 1 N–H and O–H groups in total. The fourth-order valence-electron chi connectivity index (χ4n) is 4.50. The van der Waals surface area contributed by atoms with Gasteiger partial charge < -0.3 is 9.84 Å². The van der Waals surface area contributed by atoms with Gasteiger partial charge in [0.2, 0.25) is 0 Å². The zero-order chi connectivity index (χ0) is 18.1. The molecule has 0 unspecified atom stereocenters. The molecule has 4 rings (SSSR count). The van der Waals surface area contributed by atoms with Gasteiger partial charge in [0.1, 0.15) is 6.61 Å². The van der Waals surface area contributed by atoms with E-state index >= 15 is 0 Å². The third-order valence-electron chi connectivity index (χ3n) is 5.75. The summed E-state index contributed by atoms with van der Waals surface area (Å²) in [5, 5.41) is 22.5. The van der Waals surface area contributed by atoms with Crippen LogP contribution in [0, 0.1) is 16.0 Å². The van der Waals surface area contributed by atoms with Crippen molar-refractivity contribution in [3.05, 3.63) is 88.0 Å². The van der Waals surface area contributed by atoms with Gasteiger partial charge in [0, 0.05) is 11.3 Å². The lowest BCUT2D eigenvalue weighted by Crippen LogP contribution is -2.60. The summed E-state index contributed by atoms with van der Waals surface area (Å²) in [6.07, 6.45) is 1.93. The Morgan fingerprint density at radius 1 is 1.04 bits per heavy atom. The highest BCUT2D eigenvalue weighted by Gasteiger charge is 2.62. The molecule has 0 spiro atoms. The average molecular weight is 351 g/mol. The van der Waals surface area contributed by atoms with E-state index in [2.05, 4.69) is 6.08 Å². The molecule has 5 heteroatoms. The Morgan fingerprint density at radius 3 is 2.35 bits per heavy atom. The zero-order valence-corrected chi connectivity index (χ0v) is 14.3. The molecule has 1 aliphatic carbocycles. The van der Waals surface area contributed by atoms with Crippen molar-refractivity contribution >= 4 is 5.57 Å². The standard InChI is InChI=1S/C21H21NO4/c23-20-13-19-17(15-7-3-1-4-8-15)11-12-18(16-9-5-2-6-10-16)21(19,14-26-20)22(24)25/h1-11,18-20,23H,12-14H2/t18-,19-,20-,21-/m0/s1. The van der Waals surface area contributed by atoms with E-state index in [0.29, 0.717) is 6.42 Å². The van der Waals surface area contributed by atoms with Crippen molar-refractivity contribution in [1.29, 1.82) is 0 Å². The quantitative estimate of drug-likeness (QED) is 0.677. The van der Waals surface area contributed by atoms with Crippen molar-refractivity contribution < 1.29 is 14.8 Å². The Labute approximate surface area is 152 Å². The topological polar surface area (TPSA) is 72.6 Å². The van der Waals surface area contributed by atoms with E-state index in [4.69, 9.17) is 4.74 Å². The second-order valence-electron chi connectivity index (χ2n) is 7.03. The lowest BCUT2D eigenvalue weighted by Gasteiger charge is -2.46. The van der Waals surface area contributed by atoms with Crippen LogP contribution in [0.4, 0.5) is 0 Å². The second-order valence-corrected chi connectivity index (χ2v) is 7.03. The fraction of sp³-hybridized carbons (Fsp3) is 0.333. The van der Waals surface area contributed by atoms with Gasteiger partial charge >= 0.3 is 0 Å². The van der Waals surface area contributed by atoms with Crippen LogP contribution < -0.4 is 0 Å². The number of benzene rings is 2. The molecule has 0 amide bonds. The monoisotopic (exact) mass is 351 g/mol. The van der Waals surface area contributed by atoms with Crippen LogP contribution >= 0.6 is 0 Å². The third-order valence-corrected chi connectivity index (χ3v) is 5.75. The molecule has 134 valence electrons. The van der Waals surface area contributed by atoms with E-state index in [0.717, 1.165) is 16.7 Å². The van der Waals surface area contributed by atoms with Crippen molar-refractivity contribution in [3.63, 3.8) is 0 Å². The minimum atomic E-state index is -1.28. The summed E-state index contributed by atoms with van der Waals surface area (Å²) in [5.74, 6) is -0.689. The predicted molar refractivity (Wildman–Crippen MR) is 98.0 cm³/mol. The minimum absolute atomic E-state index is 0.0877. The Hall–Kier alpha value is -2.50. The molecule has 1 heterocycles. The number of allylic oxidation sites excluding steroid dienone is 1. The van der Waals surface area contributed by atoms with E-state index in [1.165, 1.54) is 0 Å². The summed E-state index contributed by atoms with van der Waals surface area (Å²) in [5.41, 5.74) is 1.58. The zero-order valence-electron chi connectivity index (χ0n) is 14.3. The van der Waals surface area contributed by atoms with Crippen molar-refractivity contribution in [2.45, 2.75) is 30.6 Å². The van der Waals surface area contributed by atoms with Crippen LogP contribution in [0.3, 0.4) is 0 Å². The van der Waals surface area contributed by atoms with Crippen LogP contribution in [0.2, 0.25) is 0 Å². The first-order valence-corrected chi connectivity index (χ1v) is 8.87. The van der Waals surface area contributed by atoms with Gasteiger partial charge in [-0.3, -0.25) is 10.1 Å². The van der Waals surface area contributed by atoms with Crippen molar-refractivity contribution in [1.82, 2.24) is 0 Å². The molecular formula is C21H21NO4. The summed E-state index contributed by atoms with van der Waals surface area (Å²) in [6.45, 7) is -0.0877. The van der Waals surface area contributed by atoms with Crippen LogP contribution in [0.1, 0.15) is 29.9 Å². The largest absolute Gasteiger partial charge is 0.368 e. The Balaban J connectivity index is 1.87. The van der Waals surface area contributed by atoms with Gasteiger partial charge in [-0.1, -0.05) is 66.7 Å². The number of ether oxygens (including phenoxy) is 1. The summed E-state index contributed by atoms with van der Waals surface area (Å²) in [7, 11) is 0. The normalized spacial score (nSPS) is 31.0. The van der Waals surface area contributed by atoms with Crippen LogP contribution in [-0.2, 0) is 4.74 Å². The summed E-state index contributed by atoms with van der Waals surface area (Å²) < 4.78 is 5.43. The number of nitrogens with zero attached hydrogens (tertiary/aromatic N) is 1. The lowest BCUT2D eigenvalue weighted by atomic mass is 9.61. The number of hydrogen-bond donors (Lipinski definition) is 1. The van der Waals surface area contributed by atoms with Crippen LogP contribution in [0.5, 0.6) is 0 Å². The van der Waals surface area contributed by atoms with E-state index in [-0.39, 0.29) is 23.9 Å². The Bertz CT molecular complexity index is 820. The second kappa shape index (κ2) is 6.67. The van der Waals surface area contributed by atoms with Gasteiger partial charge in [0.15, 0.2) is 6.29 Å². The van der Waals surface area contributed by atoms with Crippen molar-refractivity contribution in [2.24, 2.45) is 5.92 Å². The average Bonchev–Trinajstić information content (AvgIpc) is 2.68. The molecule has 0 saturated carbocycles. The number of rotatable bonds is 3. The highest BCUT2D eigenvalue weighted by molar-refractivity contribution is 5.70. The van der Waals surface area contributed by atoms with Gasteiger partial charge in [-0.25, -0.2) is 0 Å². The van der Waals surface area contributed by atoms with Crippen LogP contribution in [-0.4, -0.2) is 28.5 Å². The molecule has 26 heavy (non-hydrogen) atoms. The highest BCUT2D eigenvalue weighted by Crippen LogP contribution is 2.52. The van der Waals surface area contributed by atoms with Gasteiger partial charge in [0.25, 0.3) is 5.54 Å². The first kappa shape index (κ1) is 16.9. The molecule has 5 nitrogen and oxygen atoms in total. The molecular weight excluding hydrogens is 330 g/mol. The Kier molecular flexibility index (Phi) is 4.34. The lowest BCUT2D eigenvalue weighted by molar-refractivity contribution is -0.596. The number of aliphatic hydroxyl groups excluding tert-OH is 1. The minimum Gasteiger partial charge on any atom is -0.368 e. The highest BCUT2D eigenvalue weighted by atomic mass is 16.6. The number of nitro groups is 1. The maximum absolute atomic E-state index is 12.4. The van der Waals surface area contributed by atoms with Crippen molar-refractivity contribution in [3.8, 4) is 0 Å². The number of hydrogen-bond acceptors (Lipinski definition) is 4. The SMILES string of the molecule is O=[N+]([O-])[C@]12CO[C@H](O)C[C@H]1C(c1ccccc1)=CC[C@H]2c1ccccc1. The van der Waals surface area contributed by atoms with E-state index in [9.17, 15) is 15.2 Å². The van der Waals surface area contributed by atoms with E-state index in [1.54, 1.807) is 0 Å². The van der Waals surface area contributed by atoms with Gasteiger partial charge in [-0.2, -0.15) is 0 Å². The maximum atomic E-state index is 12.4. The van der Waals surface area contributed by atoms with Crippen LogP contribution in [0.15, 0.2) is 66.7 Å². The first-order chi connectivity index (χ1) is 12.6. The number of aliphatic hydroxyl groups is 1. The van der Waals surface area contributed by atoms with E-state index < -0.39 is 17.7 Å². The molecule has 1 aliphatic heterocycles. The molecule has 2 aromatic carbocycles. The third kappa shape index (κ3) is 2.64. The molecule has 4 atom stereocenters. The molecule has 0 aromatic heterocycles. The summed E-state index contributed by atoms with van der Waals surface area (Å²) in [6, 6.07) is 19.4.